The number of carbonyl (C=O) groups excluding carboxylic acids is 2. The molecule has 1 aliphatic heterocycles. The van der Waals surface area contributed by atoms with E-state index >= 15 is 0 Å². The summed E-state index contributed by atoms with van der Waals surface area (Å²) in [6, 6.07) is 21.1. The first-order valence-electron chi connectivity index (χ1n) is 12.9. The molecule has 0 radical (unpaired) electrons. The van der Waals surface area contributed by atoms with Crippen LogP contribution in [0.2, 0.25) is 0 Å². The summed E-state index contributed by atoms with van der Waals surface area (Å²) in [5.74, 6) is -0.606. The van der Waals surface area contributed by atoms with Gasteiger partial charge in [-0.2, -0.15) is 0 Å². The average Bonchev–Trinajstić information content (AvgIpc) is 3.72. The zero-order chi connectivity index (χ0) is 26.1. The molecule has 6 heteroatoms. The van der Waals surface area contributed by atoms with E-state index in [1.807, 2.05) is 55.1 Å². The number of rotatable bonds is 7. The maximum atomic E-state index is 13.0. The molecule has 1 heterocycles. The van der Waals surface area contributed by atoms with E-state index in [1.54, 1.807) is 18.2 Å². The maximum Gasteiger partial charge on any atom is 0.335 e. The summed E-state index contributed by atoms with van der Waals surface area (Å²) in [6.45, 7) is 5.32. The molecule has 0 bridgehead atoms. The fourth-order valence-electron chi connectivity index (χ4n) is 5.42. The Morgan fingerprint density at radius 2 is 1.78 bits per heavy atom. The van der Waals surface area contributed by atoms with Gasteiger partial charge < -0.3 is 15.3 Å². The average molecular weight is 497 g/mol. The molecule has 2 N–H and O–H groups in total. The van der Waals surface area contributed by atoms with Crippen molar-refractivity contribution in [3.8, 4) is 11.1 Å². The predicted molar refractivity (Wildman–Crippen MR) is 142 cm³/mol. The van der Waals surface area contributed by atoms with Crippen LogP contribution in [0.4, 0.5) is 0 Å². The molecular formula is C31H32N2O4. The Bertz CT molecular complexity index is 1350. The summed E-state index contributed by atoms with van der Waals surface area (Å²) in [5.41, 5.74) is 6.45. The number of benzene rings is 3. The Morgan fingerprint density at radius 3 is 2.51 bits per heavy atom. The smallest absolute Gasteiger partial charge is 0.335 e. The minimum absolute atomic E-state index is 0.00437. The molecule has 0 unspecified atom stereocenters. The number of carboxylic acid groups (broad SMARTS) is 1. The van der Waals surface area contributed by atoms with E-state index in [2.05, 4.69) is 17.4 Å². The van der Waals surface area contributed by atoms with Crippen LogP contribution in [0.5, 0.6) is 0 Å². The van der Waals surface area contributed by atoms with Gasteiger partial charge in [-0.3, -0.25) is 9.59 Å². The summed E-state index contributed by atoms with van der Waals surface area (Å²) in [4.78, 5) is 39.2. The summed E-state index contributed by atoms with van der Waals surface area (Å²) in [6.07, 6.45) is 1.55. The third-order valence-electron chi connectivity index (χ3n) is 7.54. The molecule has 1 fully saturated rings. The Hall–Kier alpha value is -3.93. The van der Waals surface area contributed by atoms with E-state index in [4.69, 9.17) is 0 Å². The molecule has 0 spiro atoms. The molecule has 5 rings (SSSR count). The van der Waals surface area contributed by atoms with Crippen molar-refractivity contribution >= 4 is 17.8 Å². The lowest BCUT2D eigenvalue weighted by Gasteiger charge is -2.33. The van der Waals surface area contributed by atoms with E-state index in [-0.39, 0.29) is 35.1 Å². The van der Waals surface area contributed by atoms with Crippen molar-refractivity contribution in [2.75, 3.05) is 6.54 Å². The van der Waals surface area contributed by atoms with Crippen LogP contribution in [0.15, 0.2) is 66.7 Å². The zero-order valence-corrected chi connectivity index (χ0v) is 21.2. The highest BCUT2D eigenvalue weighted by Crippen LogP contribution is 2.47. The summed E-state index contributed by atoms with van der Waals surface area (Å²) < 4.78 is 0. The van der Waals surface area contributed by atoms with Crippen LogP contribution in [-0.4, -0.2) is 34.3 Å². The quantitative estimate of drug-likeness (QED) is 0.481. The second-order valence-electron chi connectivity index (χ2n) is 10.4. The Morgan fingerprint density at radius 1 is 1.00 bits per heavy atom. The van der Waals surface area contributed by atoms with Gasteiger partial charge in [0.15, 0.2) is 0 Å². The largest absolute Gasteiger partial charge is 0.478 e. The lowest BCUT2D eigenvalue weighted by Crippen LogP contribution is -2.39. The molecule has 37 heavy (non-hydrogen) atoms. The van der Waals surface area contributed by atoms with Gasteiger partial charge >= 0.3 is 5.97 Å². The van der Waals surface area contributed by atoms with Crippen molar-refractivity contribution < 1.29 is 19.5 Å². The lowest BCUT2D eigenvalue weighted by molar-refractivity contribution is -0.135. The predicted octanol–water partition coefficient (Wildman–Crippen LogP) is 5.01. The SMILES string of the molecule is CC(C)C(=O)N1CCc2c(-c3cccc(C(=O)O)c3)ccc(CNC(=O)[C@H]3C[C@@H]3c3ccccc3)c2C1. The molecule has 2 amide bonds. The number of nitrogens with one attached hydrogen (secondary N) is 1. The highest BCUT2D eigenvalue weighted by Gasteiger charge is 2.43. The molecule has 1 aliphatic carbocycles. The first-order valence-corrected chi connectivity index (χ1v) is 12.9. The number of carboxylic acids is 1. The summed E-state index contributed by atoms with van der Waals surface area (Å²) >= 11 is 0. The van der Waals surface area contributed by atoms with Crippen LogP contribution < -0.4 is 5.32 Å². The number of aromatic carboxylic acids is 1. The van der Waals surface area contributed by atoms with Gasteiger partial charge in [-0.15, -0.1) is 0 Å². The number of amides is 2. The standard InChI is InChI=1S/C31H32N2O4/c1-19(2)30(35)33-14-13-25-24(21-9-6-10-22(15-21)31(36)37)12-11-23(28(25)18-33)17-32-29(34)27-16-26(27)20-7-4-3-5-8-20/h3-12,15,19,26-27H,13-14,16-18H2,1-2H3,(H,32,34)(H,36,37)/t26-,27+/m1/s1. The molecular weight excluding hydrogens is 464 g/mol. The molecule has 2 aliphatic rings. The third-order valence-corrected chi connectivity index (χ3v) is 7.54. The van der Waals surface area contributed by atoms with Crippen LogP contribution in [0.1, 0.15) is 58.8 Å². The highest BCUT2D eigenvalue weighted by atomic mass is 16.4. The van der Waals surface area contributed by atoms with Crippen molar-refractivity contribution in [3.05, 3.63) is 94.5 Å². The van der Waals surface area contributed by atoms with E-state index in [0.29, 0.717) is 26.1 Å². The number of nitrogens with zero attached hydrogens (tertiary/aromatic N) is 1. The van der Waals surface area contributed by atoms with E-state index in [0.717, 1.165) is 34.2 Å². The zero-order valence-electron chi connectivity index (χ0n) is 21.2. The Labute approximate surface area is 217 Å². The number of fused-ring (bicyclic) bond motifs is 1. The van der Waals surface area contributed by atoms with Crippen molar-refractivity contribution in [2.24, 2.45) is 11.8 Å². The topological polar surface area (TPSA) is 86.7 Å². The second-order valence-corrected chi connectivity index (χ2v) is 10.4. The molecule has 3 aromatic rings. The molecule has 0 aromatic heterocycles. The number of hydrogen-bond donors (Lipinski definition) is 2. The van der Waals surface area contributed by atoms with Crippen LogP contribution in [0.3, 0.4) is 0 Å². The Balaban J connectivity index is 1.40. The number of carbonyl (C=O) groups is 3. The van der Waals surface area contributed by atoms with Crippen LogP contribution in [-0.2, 0) is 29.1 Å². The van der Waals surface area contributed by atoms with E-state index < -0.39 is 5.97 Å². The normalized spacial score (nSPS) is 18.3. The van der Waals surface area contributed by atoms with Crippen molar-refractivity contribution in [3.63, 3.8) is 0 Å². The van der Waals surface area contributed by atoms with Crippen LogP contribution in [0, 0.1) is 11.8 Å². The minimum Gasteiger partial charge on any atom is -0.478 e. The molecule has 0 saturated heterocycles. The first-order chi connectivity index (χ1) is 17.8. The van der Waals surface area contributed by atoms with Crippen LogP contribution >= 0.6 is 0 Å². The minimum atomic E-state index is -0.961. The van der Waals surface area contributed by atoms with Gasteiger partial charge in [0.05, 0.1) is 5.56 Å². The van der Waals surface area contributed by atoms with Crippen molar-refractivity contribution in [1.29, 1.82) is 0 Å². The van der Waals surface area contributed by atoms with E-state index in [9.17, 15) is 19.5 Å². The molecule has 2 atom stereocenters. The fraction of sp³-hybridized carbons (Fsp3) is 0.323. The van der Waals surface area contributed by atoms with Gasteiger partial charge in [0.25, 0.3) is 0 Å². The fourth-order valence-corrected chi connectivity index (χ4v) is 5.42. The van der Waals surface area contributed by atoms with Crippen molar-refractivity contribution in [2.45, 2.75) is 45.7 Å². The summed E-state index contributed by atoms with van der Waals surface area (Å²) in [7, 11) is 0. The monoisotopic (exact) mass is 496 g/mol. The third kappa shape index (κ3) is 5.15. The second kappa shape index (κ2) is 10.2. The van der Waals surface area contributed by atoms with Gasteiger partial charge in [0.1, 0.15) is 0 Å². The summed E-state index contributed by atoms with van der Waals surface area (Å²) in [5, 5.41) is 12.6. The van der Waals surface area contributed by atoms with Gasteiger partial charge in [0.2, 0.25) is 11.8 Å². The molecule has 190 valence electrons. The van der Waals surface area contributed by atoms with Gasteiger partial charge in [0, 0.05) is 31.5 Å². The van der Waals surface area contributed by atoms with Gasteiger partial charge in [-0.25, -0.2) is 4.79 Å². The highest BCUT2D eigenvalue weighted by molar-refractivity contribution is 5.90. The maximum absolute atomic E-state index is 13.0. The molecule has 1 saturated carbocycles. The molecule has 3 aromatic carbocycles. The van der Waals surface area contributed by atoms with Gasteiger partial charge in [-0.05, 0) is 64.3 Å². The lowest BCUT2D eigenvalue weighted by atomic mass is 9.86. The number of hydrogen-bond acceptors (Lipinski definition) is 3. The first kappa shape index (κ1) is 24.8. The van der Waals surface area contributed by atoms with Gasteiger partial charge in [-0.1, -0.05) is 68.4 Å². The van der Waals surface area contributed by atoms with Crippen LogP contribution in [0.25, 0.3) is 11.1 Å². The van der Waals surface area contributed by atoms with E-state index in [1.165, 1.54) is 5.56 Å². The van der Waals surface area contributed by atoms with Crippen molar-refractivity contribution in [1.82, 2.24) is 10.2 Å². The Kier molecular flexibility index (Phi) is 6.83. The molecule has 6 nitrogen and oxygen atoms in total.